The first-order valence-corrected chi connectivity index (χ1v) is 8.76. The van der Waals surface area contributed by atoms with E-state index in [2.05, 4.69) is 57.3 Å². The summed E-state index contributed by atoms with van der Waals surface area (Å²) < 4.78 is 0. The summed E-state index contributed by atoms with van der Waals surface area (Å²) in [6.45, 7) is 11.7. The second kappa shape index (κ2) is 7.45. The molecule has 1 nitrogen and oxygen atoms in total. The standard InChI is InChI=1S/C20H33N/c1-5-11-21-15-18-9-10-20(3,4)14-19(18)13-17-8-6-7-16(2)12-17/h6-8,12,18-19,21H,5,9-11,13-15H2,1-4H3. The number of nitrogens with one attached hydrogen (secondary N) is 1. The summed E-state index contributed by atoms with van der Waals surface area (Å²) in [7, 11) is 0. The molecule has 1 aromatic carbocycles. The molecule has 0 radical (unpaired) electrons. The zero-order chi connectivity index (χ0) is 15.3. The number of rotatable bonds is 6. The molecule has 118 valence electrons. The molecule has 2 atom stereocenters. The van der Waals surface area contributed by atoms with Crippen LogP contribution in [-0.2, 0) is 6.42 Å². The van der Waals surface area contributed by atoms with E-state index in [9.17, 15) is 0 Å². The molecule has 1 aromatic rings. The number of hydrogen-bond donors (Lipinski definition) is 1. The Morgan fingerprint density at radius 1 is 1.24 bits per heavy atom. The summed E-state index contributed by atoms with van der Waals surface area (Å²) >= 11 is 0. The Morgan fingerprint density at radius 3 is 2.76 bits per heavy atom. The van der Waals surface area contributed by atoms with E-state index in [1.165, 1.54) is 49.8 Å². The lowest BCUT2D eigenvalue weighted by Gasteiger charge is -2.41. The molecule has 1 saturated carbocycles. The van der Waals surface area contributed by atoms with Gasteiger partial charge in [0, 0.05) is 0 Å². The van der Waals surface area contributed by atoms with Gasteiger partial charge in [0.05, 0.1) is 0 Å². The quantitative estimate of drug-likeness (QED) is 0.728. The summed E-state index contributed by atoms with van der Waals surface area (Å²) in [5, 5.41) is 3.66. The van der Waals surface area contributed by atoms with E-state index < -0.39 is 0 Å². The van der Waals surface area contributed by atoms with Crippen LogP contribution < -0.4 is 5.32 Å². The van der Waals surface area contributed by atoms with Crippen LogP contribution in [0.3, 0.4) is 0 Å². The van der Waals surface area contributed by atoms with Gasteiger partial charge in [-0.1, -0.05) is 50.6 Å². The molecule has 1 heteroatoms. The van der Waals surface area contributed by atoms with Gasteiger partial charge in [0.2, 0.25) is 0 Å². The lowest BCUT2D eigenvalue weighted by Crippen LogP contribution is -2.37. The van der Waals surface area contributed by atoms with E-state index in [0.29, 0.717) is 5.41 Å². The van der Waals surface area contributed by atoms with E-state index in [0.717, 1.165) is 18.4 Å². The highest BCUT2D eigenvalue weighted by Crippen LogP contribution is 2.43. The van der Waals surface area contributed by atoms with Crippen LogP contribution in [0.4, 0.5) is 0 Å². The highest BCUT2D eigenvalue weighted by Gasteiger charge is 2.34. The van der Waals surface area contributed by atoms with Crippen LogP contribution >= 0.6 is 0 Å². The molecule has 0 aromatic heterocycles. The van der Waals surface area contributed by atoms with Gasteiger partial charge in [-0.3, -0.25) is 0 Å². The van der Waals surface area contributed by atoms with Crippen molar-refractivity contribution in [3.63, 3.8) is 0 Å². The van der Waals surface area contributed by atoms with Crippen molar-refractivity contribution < 1.29 is 0 Å². The van der Waals surface area contributed by atoms with Gasteiger partial charge in [0.15, 0.2) is 0 Å². The summed E-state index contributed by atoms with van der Waals surface area (Å²) in [5.74, 6) is 1.69. The van der Waals surface area contributed by atoms with Crippen molar-refractivity contribution in [2.24, 2.45) is 17.3 Å². The smallest absolute Gasteiger partial charge is 0.00177 e. The Balaban J connectivity index is 2.02. The van der Waals surface area contributed by atoms with Gasteiger partial charge in [-0.2, -0.15) is 0 Å². The average Bonchev–Trinajstić information content (AvgIpc) is 2.41. The van der Waals surface area contributed by atoms with Crippen LogP contribution in [0.5, 0.6) is 0 Å². The summed E-state index contributed by atoms with van der Waals surface area (Å²) in [6, 6.07) is 9.10. The first kappa shape index (κ1) is 16.5. The van der Waals surface area contributed by atoms with E-state index in [1.807, 2.05) is 0 Å². The molecule has 1 aliphatic rings. The van der Waals surface area contributed by atoms with Crippen molar-refractivity contribution in [1.82, 2.24) is 5.32 Å². The molecule has 2 unspecified atom stereocenters. The fraction of sp³-hybridized carbons (Fsp3) is 0.700. The summed E-state index contributed by atoms with van der Waals surface area (Å²) in [5.41, 5.74) is 3.44. The predicted octanol–water partition coefficient (Wildman–Crippen LogP) is 4.98. The van der Waals surface area contributed by atoms with Gasteiger partial charge >= 0.3 is 0 Å². The maximum atomic E-state index is 3.66. The minimum atomic E-state index is 0.524. The predicted molar refractivity (Wildman–Crippen MR) is 92.7 cm³/mol. The van der Waals surface area contributed by atoms with Crippen LogP contribution in [0, 0.1) is 24.2 Å². The zero-order valence-electron chi connectivity index (χ0n) is 14.4. The van der Waals surface area contributed by atoms with Gasteiger partial charge in [-0.15, -0.1) is 0 Å². The van der Waals surface area contributed by atoms with E-state index >= 15 is 0 Å². The summed E-state index contributed by atoms with van der Waals surface area (Å²) in [4.78, 5) is 0. The Labute approximate surface area is 131 Å². The molecule has 1 fully saturated rings. The van der Waals surface area contributed by atoms with Crippen molar-refractivity contribution in [2.45, 2.75) is 59.8 Å². The minimum Gasteiger partial charge on any atom is -0.316 e. The van der Waals surface area contributed by atoms with Crippen LogP contribution in [0.1, 0.15) is 57.6 Å². The van der Waals surface area contributed by atoms with Crippen LogP contribution in [0.25, 0.3) is 0 Å². The van der Waals surface area contributed by atoms with Crippen LogP contribution in [-0.4, -0.2) is 13.1 Å². The number of aryl methyl sites for hydroxylation is 1. The third kappa shape index (κ3) is 5.14. The molecule has 21 heavy (non-hydrogen) atoms. The fourth-order valence-electron chi connectivity index (χ4n) is 3.90. The second-order valence-electron chi connectivity index (χ2n) is 7.82. The molecule has 1 N–H and O–H groups in total. The zero-order valence-corrected chi connectivity index (χ0v) is 14.4. The second-order valence-corrected chi connectivity index (χ2v) is 7.82. The Bertz CT molecular complexity index is 435. The van der Waals surface area contributed by atoms with Crippen LogP contribution in [0.2, 0.25) is 0 Å². The van der Waals surface area contributed by atoms with E-state index in [1.54, 1.807) is 0 Å². The molecule has 0 saturated heterocycles. The monoisotopic (exact) mass is 287 g/mol. The third-order valence-corrected chi connectivity index (χ3v) is 5.09. The Hall–Kier alpha value is -0.820. The van der Waals surface area contributed by atoms with Gasteiger partial charge < -0.3 is 5.32 Å². The third-order valence-electron chi connectivity index (χ3n) is 5.09. The lowest BCUT2D eigenvalue weighted by atomic mass is 9.65. The SMILES string of the molecule is CCCNCC1CCC(C)(C)CC1Cc1cccc(C)c1. The molecule has 1 aliphatic carbocycles. The van der Waals surface area contributed by atoms with Gasteiger partial charge in [0.25, 0.3) is 0 Å². The summed E-state index contributed by atoms with van der Waals surface area (Å²) in [6.07, 6.45) is 6.64. The van der Waals surface area contributed by atoms with Gasteiger partial charge in [0.1, 0.15) is 0 Å². The van der Waals surface area contributed by atoms with Crippen LogP contribution in [0.15, 0.2) is 24.3 Å². The highest BCUT2D eigenvalue weighted by molar-refractivity contribution is 5.22. The van der Waals surface area contributed by atoms with E-state index in [-0.39, 0.29) is 0 Å². The van der Waals surface area contributed by atoms with Crippen molar-refractivity contribution in [3.05, 3.63) is 35.4 Å². The molecule has 0 spiro atoms. The van der Waals surface area contributed by atoms with Gasteiger partial charge in [-0.25, -0.2) is 0 Å². The Kier molecular flexibility index (Phi) is 5.87. The minimum absolute atomic E-state index is 0.524. The molecule has 0 heterocycles. The average molecular weight is 287 g/mol. The topological polar surface area (TPSA) is 12.0 Å². The van der Waals surface area contributed by atoms with E-state index in [4.69, 9.17) is 0 Å². The fourth-order valence-corrected chi connectivity index (χ4v) is 3.90. The number of benzene rings is 1. The Morgan fingerprint density at radius 2 is 2.05 bits per heavy atom. The van der Waals surface area contributed by atoms with Crippen molar-refractivity contribution in [2.75, 3.05) is 13.1 Å². The first-order chi connectivity index (χ1) is 10.00. The maximum absolute atomic E-state index is 3.66. The van der Waals surface area contributed by atoms with Crippen molar-refractivity contribution >= 4 is 0 Å². The first-order valence-electron chi connectivity index (χ1n) is 8.76. The lowest BCUT2D eigenvalue weighted by molar-refractivity contribution is 0.116. The molecule has 0 aliphatic heterocycles. The van der Waals surface area contributed by atoms with Gasteiger partial charge in [-0.05, 0) is 74.9 Å². The molecule has 2 rings (SSSR count). The van der Waals surface area contributed by atoms with Crippen molar-refractivity contribution in [1.29, 1.82) is 0 Å². The van der Waals surface area contributed by atoms with Crippen molar-refractivity contribution in [3.8, 4) is 0 Å². The highest BCUT2D eigenvalue weighted by atomic mass is 14.9. The normalized spacial score (nSPS) is 25.0. The molecule has 0 amide bonds. The molecule has 0 bridgehead atoms. The number of hydrogen-bond acceptors (Lipinski definition) is 1. The largest absolute Gasteiger partial charge is 0.316 e. The maximum Gasteiger partial charge on any atom is -0.00177 e. The molecular formula is C20H33N. The molecular weight excluding hydrogens is 254 g/mol.